The van der Waals surface area contributed by atoms with Gasteiger partial charge in [-0.2, -0.15) is 0 Å². The van der Waals surface area contributed by atoms with Crippen LogP contribution >= 0.6 is 0 Å². The van der Waals surface area contributed by atoms with Crippen LogP contribution in [-0.2, 0) is 10.3 Å². The third-order valence-electron chi connectivity index (χ3n) is 4.56. The molecule has 1 aliphatic rings. The van der Waals surface area contributed by atoms with Crippen LogP contribution in [-0.4, -0.2) is 28.9 Å². The van der Waals surface area contributed by atoms with Gasteiger partial charge in [0.15, 0.2) is 0 Å². The monoisotopic (exact) mass is 371 g/mol. The Morgan fingerprint density at radius 3 is 2.04 bits per heavy atom. The fourth-order valence-corrected chi connectivity index (χ4v) is 3.18. The summed E-state index contributed by atoms with van der Waals surface area (Å²) in [6, 6.07) is 12.0. The molecule has 0 aliphatic carbocycles. The van der Waals surface area contributed by atoms with E-state index in [0.717, 1.165) is 23.8 Å². The minimum absolute atomic E-state index is 0.218. The van der Waals surface area contributed by atoms with E-state index in [2.05, 4.69) is 5.32 Å². The number of carbonyl (C=O) groups excluding carboxylic acids is 1. The molecule has 1 heterocycles. The van der Waals surface area contributed by atoms with Crippen LogP contribution in [0.1, 0.15) is 28.8 Å². The van der Waals surface area contributed by atoms with Crippen LogP contribution < -0.4 is 5.32 Å². The molecule has 3 rings (SSSR count). The van der Waals surface area contributed by atoms with Gasteiger partial charge in [-0.1, -0.05) is 30.3 Å². The highest BCUT2D eigenvalue weighted by Crippen LogP contribution is 2.36. The first kappa shape index (κ1) is 18.5. The van der Waals surface area contributed by atoms with Crippen molar-refractivity contribution < 1.29 is 19.4 Å². The van der Waals surface area contributed by atoms with Crippen molar-refractivity contribution in [3.8, 4) is 0 Å². The van der Waals surface area contributed by atoms with Gasteiger partial charge >= 0.3 is 5.97 Å². The van der Waals surface area contributed by atoms with Crippen molar-refractivity contribution in [2.75, 3.05) is 13.1 Å². The Balaban J connectivity index is 1.97. The molecule has 0 bridgehead atoms. The second-order valence-corrected chi connectivity index (χ2v) is 6.25. The van der Waals surface area contributed by atoms with Crippen molar-refractivity contribution >= 4 is 17.3 Å². The Labute approximate surface area is 154 Å². The number of ether oxygens (including phenoxy) is 1. The normalized spacial score (nSPS) is 15.7. The van der Waals surface area contributed by atoms with E-state index < -0.39 is 32.8 Å². The number of rotatable bonds is 5. The van der Waals surface area contributed by atoms with Crippen LogP contribution in [0.15, 0.2) is 48.5 Å². The summed E-state index contributed by atoms with van der Waals surface area (Å²) in [7, 11) is 0. The van der Waals surface area contributed by atoms with E-state index in [9.17, 15) is 25.0 Å². The van der Waals surface area contributed by atoms with Crippen LogP contribution in [0.3, 0.4) is 0 Å². The number of esters is 1. The summed E-state index contributed by atoms with van der Waals surface area (Å²) in [5.41, 5.74) is -1.35. The van der Waals surface area contributed by atoms with Crippen molar-refractivity contribution in [2.45, 2.75) is 18.4 Å². The summed E-state index contributed by atoms with van der Waals surface area (Å²) in [6.45, 7) is 1.27. The summed E-state index contributed by atoms with van der Waals surface area (Å²) in [5.74, 6) is -0.826. The van der Waals surface area contributed by atoms with E-state index in [1.165, 1.54) is 0 Å². The average molecular weight is 371 g/mol. The molecule has 0 atom stereocenters. The third kappa shape index (κ3) is 3.93. The highest BCUT2D eigenvalue weighted by atomic mass is 16.6. The molecule has 0 saturated carbocycles. The number of nitrogens with one attached hydrogen (secondary N) is 1. The number of nitro groups is 2. The van der Waals surface area contributed by atoms with Crippen LogP contribution in [0.5, 0.6) is 0 Å². The Morgan fingerprint density at radius 2 is 1.52 bits per heavy atom. The molecule has 2 aromatic carbocycles. The van der Waals surface area contributed by atoms with Gasteiger partial charge in [0.05, 0.1) is 21.5 Å². The summed E-state index contributed by atoms with van der Waals surface area (Å²) in [6.07, 6.45) is 1.06. The first-order valence-electron chi connectivity index (χ1n) is 8.35. The molecule has 0 radical (unpaired) electrons. The van der Waals surface area contributed by atoms with E-state index in [4.69, 9.17) is 4.74 Å². The molecule has 0 amide bonds. The number of nitro benzene ring substituents is 2. The molecule has 140 valence electrons. The second kappa shape index (κ2) is 7.50. The number of nitrogens with zero attached hydrogens (tertiary/aromatic N) is 2. The van der Waals surface area contributed by atoms with Gasteiger partial charge in [0.2, 0.25) is 0 Å². The average Bonchev–Trinajstić information content (AvgIpc) is 2.69. The van der Waals surface area contributed by atoms with Gasteiger partial charge < -0.3 is 10.1 Å². The number of piperidine rings is 1. The van der Waals surface area contributed by atoms with Gasteiger partial charge in [-0.25, -0.2) is 4.79 Å². The van der Waals surface area contributed by atoms with Crippen molar-refractivity contribution in [3.05, 3.63) is 79.9 Å². The number of carbonyl (C=O) groups is 1. The highest BCUT2D eigenvalue weighted by molar-refractivity contribution is 5.91. The summed E-state index contributed by atoms with van der Waals surface area (Å²) >= 11 is 0. The van der Waals surface area contributed by atoms with Gasteiger partial charge in [0.25, 0.3) is 11.4 Å². The molecule has 1 aliphatic heterocycles. The summed E-state index contributed by atoms with van der Waals surface area (Å²) < 4.78 is 5.80. The van der Waals surface area contributed by atoms with Crippen molar-refractivity contribution in [3.63, 3.8) is 0 Å². The van der Waals surface area contributed by atoms with Gasteiger partial charge in [-0.15, -0.1) is 0 Å². The molecular weight excluding hydrogens is 354 g/mol. The number of non-ortho nitro benzene ring substituents is 2. The second-order valence-electron chi connectivity index (χ2n) is 6.25. The fraction of sp³-hybridized carbons (Fsp3) is 0.278. The number of hydrogen-bond donors (Lipinski definition) is 1. The zero-order chi connectivity index (χ0) is 19.4. The standard InChI is InChI=1S/C18H17N3O6/c22-17(13-10-15(20(23)24)12-16(11-13)21(25)26)27-18(6-8-19-9-7-18)14-4-2-1-3-5-14/h1-5,10-12,19H,6-9H2. The Bertz CT molecular complexity index is 846. The van der Waals surface area contributed by atoms with Gasteiger partial charge in [-0.3, -0.25) is 20.2 Å². The molecule has 9 heteroatoms. The van der Waals surface area contributed by atoms with E-state index in [0.29, 0.717) is 25.9 Å². The highest BCUT2D eigenvalue weighted by Gasteiger charge is 2.38. The lowest BCUT2D eigenvalue weighted by Crippen LogP contribution is -2.43. The van der Waals surface area contributed by atoms with Gasteiger partial charge in [-0.05, 0) is 18.7 Å². The van der Waals surface area contributed by atoms with Crippen LogP contribution in [0.2, 0.25) is 0 Å². The molecule has 0 spiro atoms. The van der Waals surface area contributed by atoms with E-state index in [1.54, 1.807) is 0 Å². The Hall–Kier alpha value is -3.33. The van der Waals surface area contributed by atoms with Crippen LogP contribution in [0, 0.1) is 20.2 Å². The van der Waals surface area contributed by atoms with Gasteiger partial charge in [0.1, 0.15) is 5.60 Å². The van der Waals surface area contributed by atoms with Crippen LogP contribution in [0.25, 0.3) is 0 Å². The molecule has 0 aromatic heterocycles. The zero-order valence-electron chi connectivity index (χ0n) is 14.3. The van der Waals surface area contributed by atoms with E-state index in [-0.39, 0.29) is 5.56 Å². The molecule has 0 unspecified atom stereocenters. The summed E-state index contributed by atoms with van der Waals surface area (Å²) in [4.78, 5) is 33.3. The maximum absolute atomic E-state index is 12.8. The minimum atomic E-state index is -0.886. The lowest BCUT2D eigenvalue weighted by atomic mass is 9.84. The molecule has 9 nitrogen and oxygen atoms in total. The van der Waals surface area contributed by atoms with E-state index >= 15 is 0 Å². The maximum atomic E-state index is 12.8. The van der Waals surface area contributed by atoms with Crippen molar-refractivity contribution in [2.24, 2.45) is 0 Å². The quantitative estimate of drug-likeness (QED) is 0.486. The first-order chi connectivity index (χ1) is 12.9. The Kier molecular flexibility index (Phi) is 5.13. The SMILES string of the molecule is O=C(OC1(c2ccccc2)CCNCC1)c1cc([N+](=O)[O-])cc([N+](=O)[O-])c1. The number of hydrogen-bond acceptors (Lipinski definition) is 7. The van der Waals surface area contributed by atoms with E-state index in [1.807, 2.05) is 30.3 Å². The third-order valence-corrected chi connectivity index (χ3v) is 4.56. The minimum Gasteiger partial charge on any atom is -0.450 e. The zero-order valence-corrected chi connectivity index (χ0v) is 14.3. The Morgan fingerprint density at radius 1 is 0.963 bits per heavy atom. The largest absolute Gasteiger partial charge is 0.450 e. The molecule has 1 fully saturated rings. The first-order valence-corrected chi connectivity index (χ1v) is 8.35. The van der Waals surface area contributed by atoms with Crippen LogP contribution in [0.4, 0.5) is 11.4 Å². The van der Waals surface area contributed by atoms with Crippen molar-refractivity contribution in [1.29, 1.82) is 0 Å². The maximum Gasteiger partial charge on any atom is 0.339 e. The lowest BCUT2D eigenvalue weighted by Gasteiger charge is -2.37. The molecule has 27 heavy (non-hydrogen) atoms. The fourth-order valence-electron chi connectivity index (χ4n) is 3.18. The smallest absolute Gasteiger partial charge is 0.339 e. The lowest BCUT2D eigenvalue weighted by molar-refractivity contribution is -0.394. The molecule has 1 N–H and O–H groups in total. The molecule has 1 saturated heterocycles. The molecule has 2 aromatic rings. The molecular formula is C18H17N3O6. The topological polar surface area (TPSA) is 125 Å². The number of benzene rings is 2. The predicted octanol–water partition coefficient (Wildman–Crippen LogP) is 2.94. The summed E-state index contributed by atoms with van der Waals surface area (Å²) in [5, 5.41) is 25.3. The van der Waals surface area contributed by atoms with Gasteiger partial charge in [0, 0.05) is 25.0 Å². The predicted molar refractivity (Wildman–Crippen MR) is 95.4 cm³/mol. The van der Waals surface area contributed by atoms with Crippen molar-refractivity contribution in [1.82, 2.24) is 5.32 Å².